The average Bonchev–Trinajstić information content (AvgIpc) is 3.45. The second-order valence-electron chi connectivity index (χ2n) is 8.35. The minimum atomic E-state index is -0.0699. The number of fused-ring (bicyclic) bond motifs is 1. The fourth-order valence-corrected chi connectivity index (χ4v) is 4.31. The number of likely N-dealkylation sites (tertiary alicyclic amines) is 1. The highest BCUT2D eigenvalue weighted by molar-refractivity contribution is 5.96. The van der Waals surface area contributed by atoms with Gasteiger partial charge in [0.05, 0.1) is 0 Å². The molecule has 1 saturated carbocycles. The van der Waals surface area contributed by atoms with Gasteiger partial charge in [0.1, 0.15) is 0 Å². The number of benzene rings is 1. The molecule has 0 radical (unpaired) electrons. The third-order valence-corrected chi connectivity index (χ3v) is 6.16. The lowest BCUT2D eigenvalue weighted by atomic mass is 10.0. The molecule has 1 aromatic heterocycles. The van der Waals surface area contributed by atoms with Crippen LogP contribution in [0.25, 0.3) is 10.9 Å². The van der Waals surface area contributed by atoms with Crippen LogP contribution in [0.5, 0.6) is 0 Å². The summed E-state index contributed by atoms with van der Waals surface area (Å²) >= 11 is 0. The molecule has 28 heavy (non-hydrogen) atoms. The third-order valence-electron chi connectivity index (χ3n) is 6.16. The van der Waals surface area contributed by atoms with Crippen LogP contribution in [0.1, 0.15) is 55.2 Å². The molecule has 2 aromatic rings. The maximum absolute atomic E-state index is 12.2. The molecule has 1 aromatic carbocycles. The Morgan fingerprint density at radius 2 is 1.96 bits per heavy atom. The summed E-state index contributed by atoms with van der Waals surface area (Å²) in [5.41, 5.74) is 4.70. The van der Waals surface area contributed by atoms with Gasteiger partial charge in [-0.3, -0.25) is 9.59 Å². The molecule has 0 atom stereocenters. The first kappa shape index (κ1) is 19.0. The Hall–Kier alpha value is -2.34. The summed E-state index contributed by atoms with van der Waals surface area (Å²) in [6.07, 6.45) is 8.19. The molecule has 1 aliphatic carbocycles. The number of carbonyl (C=O) groups excluding carboxylic acids is 2. The van der Waals surface area contributed by atoms with E-state index in [1.54, 1.807) is 0 Å². The first-order chi connectivity index (χ1) is 13.6. The van der Waals surface area contributed by atoms with Crippen molar-refractivity contribution in [2.24, 2.45) is 0 Å². The van der Waals surface area contributed by atoms with Crippen molar-refractivity contribution in [1.82, 2.24) is 14.8 Å². The molecule has 2 heterocycles. The van der Waals surface area contributed by atoms with Gasteiger partial charge >= 0.3 is 0 Å². The standard InChI is InChI=1S/C22H30N4O2/c1-15-11-21-18(12-20(15)24-22(28)5-8-23-14-27)19(16-3-4-16)13-26(21)17-6-9-25(2)10-7-17/h11-14,16-17H,3-10H2,1-2H3,(H,23,27)(H,24,28). The van der Waals surface area contributed by atoms with Crippen LogP contribution in [-0.4, -0.2) is 48.5 Å². The molecule has 2 amide bonds. The molecule has 2 aliphatic rings. The van der Waals surface area contributed by atoms with Gasteiger partial charge < -0.3 is 20.1 Å². The van der Waals surface area contributed by atoms with E-state index in [0.29, 0.717) is 24.9 Å². The maximum atomic E-state index is 12.2. The van der Waals surface area contributed by atoms with Crippen LogP contribution in [-0.2, 0) is 9.59 Å². The SMILES string of the molecule is Cc1cc2c(cc1NC(=O)CCNC=O)c(C1CC1)cn2C1CCN(C)CC1. The number of rotatable bonds is 7. The van der Waals surface area contributed by atoms with Gasteiger partial charge in [-0.25, -0.2) is 0 Å². The van der Waals surface area contributed by atoms with Crippen molar-refractivity contribution in [2.45, 2.75) is 51.0 Å². The summed E-state index contributed by atoms with van der Waals surface area (Å²) in [6.45, 7) is 4.70. The van der Waals surface area contributed by atoms with Crippen LogP contribution in [0.3, 0.4) is 0 Å². The van der Waals surface area contributed by atoms with Crippen molar-refractivity contribution in [3.8, 4) is 0 Å². The van der Waals surface area contributed by atoms with Gasteiger partial charge in [0.2, 0.25) is 12.3 Å². The average molecular weight is 383 g/mol. The summed E-state index contributed by atoms with van der Waals surface area (Å²) in [4.78, 5) is 25.0. The van der Waals surface area contributed by atoms with Crippen molar-refractivity contribution < 1.29 is 9.59 Å². The van der Waals surface area contributed by atoms with Gasteiger partial charge in [-0.2, -0.15) is 0 Å². The highest BCUT2D eigenvalue weighted by Crippen LogP contribution is 2.46. The summed E-state index contributed by atoms with van der Waals surface area (Å²) < 4.78 is 2.50. The number of piperidine rings is 1. The van der Waals surface area contributed by atoms with Crippen molar-refractivity contribution in [3.05, 3.63) is 29.5 Å². The van der Waals surface area contributed by atoms with Gasteiger partial charge in [-0.1, -0.05) is 0 Å². The number of anilines is 1. The minimum absolute atomic E-state index is 0.0699. The number of nitrogens with zero attached hydrogens (tertiary/aromatic N) is 2. The molecular weight excluding hydrogens is 352 g/mol. The number of aryl methyl sites for hydroxylation is 1. The van der Waals surface area contributed by atoms with Gasteiger partial charge in [-0.15, -0.1) is 0 Å². The molecule has 2 fully saturated rings. The monoisotopic (exact) mass is 382 g/mol. The van der Waals surface area contributed by atoms with Gasteiger partial charge in [-0.05, 0) is 81.9 Å². The minimum Gasteiger partial charge on any atom is -0.358 e. The molecule has 150 valence electrons. The molecule has 0 spiro atoms. The lowest BCUT2D eigenvalue weighted by Crippen LogP contribution is -2.31. The van der Waals surface area contributed by atoms with Crippen molar-refractivity contribution in [3.63, 3.8) is 0 Å². The molecule has 0 bridgehead atoms. The van der Waals surface area contributed by atoms with E-state index in [-0.39, 0.29) is 12.3 Å². The zero-order valence-electron chi connectivity index (χ0n) is 16.8. The Bertz CT molecular complexity index is 876. The second kappa shape index (κ2) is 7.95. The van der Waals surface area contributed by atoms with Gasteiger partial charge in [0, 0.05) is 41.8 Å². The molecule has 1 aliphatic heterocycles. The lowest BCUT2D eigenvalue weighted by molar-refractivity contribution is -0.116. The van der Waals surface area contributed by atoms with E-state index in [1.807, 2.05) is 0 Å². The Morgan fingerprint density at radius 3 is 2.64 bits per heavy atom. The second-order valence-corrected chi connectivity index (χ2v) is 8.35. The number of amides is 2. The smallest absolute Gasteiger partial charge is 0.226 e. The summed E-state index contributed by atoms with van der Waals surface area (Å²) in [5, 5.41) is 6.85. The van der Waals surface area contributed by atoms with E-state index in [1.165, 1.54) is 42.1 Å². The predicted octanol–water partition coefficient (Wildman–Crippen LogP) is 3.17. The Kier molecular flexibility index (Phi) is 5.40. The molecule has 6 heteroatoms. The Balaban J connectivity index is 1.63. The molecule has 6 nitrogen and oxygen atoms in total. The van der Waals surface area contributed by atoms with Crippen LogP contribution < -0.4 is 10.6 Å². The summed E-state index contributed by atoms with van der Waals surface area (Å²) in [7, 11) is 2.20. The zero-order chi connectivity index (χ0) is 19.7. The van der Waals surface area contributed by atoms with Crippen LogP contribution in [0.4, 0.5) is 5.69 Å². The largest absolute Gasteiger partial charge is 0.358 e. The van der Waals surface area contributed by atoms with Crippen LogP contribution in [0.2, 0.25) is 0 Å². The molecule has 0 unspecified atom stereocenters. The van der Waals surface area contributed by atoms with E-state index >= 15 is 0 Å². The molecule has 4 rings (SSSR count). The highest BCUT2D eigenvalue weighted by Gasteiger charge is 2.29. The van der Waals surface area contributed by atoms with E-state index in [2.05, 4.69) is 52.4 Å². The lowest BCUT2D eigenvalue weighted by Gasteiger charge is -2.30. The van der Waals surface area contributed by atoms with Crippen LogP contribution in [0.15, 0.2) is 18.3 Å². The molecule has 1 saturated heterocycles. The predicted molar refractivity (Wildman–Crippen MR) is 112 cm³/mol. The van der Waals surface area contributed by atoms with E-state index < -0.39 is 0 Å². The fraction of sp³-hybridized carbons (Fsp3) is 0.545. The van der Waals surface area contributed by atoms with Gasteiger partial charge in [0.15, 0.2) is 0 Å². The van der Waals surface area contributed by atoms with Crippen molar-refractivity contribution in [1.29, 1.82) is 0 Å². The highest BCUT2D eigenvalue weighted by atomic mass is 16.1. The first-order valence-corrected chi connectivity index (χ1v) is 10.4. The van der Waals surface area contributed by atoms with Crippen LogP contribution in [0, 0.1) is 6.92 Å². The Morgan fingerprint density at radius 1 is 1.21 bits per heavy atom. The van der Waals surface area contributed by atoms with E-state index in [0.717, 1.165) is 24.3 Å². The normalized spacial score (nSPS) is 18.4. The van der Waals surface area contributed by atoms with E-state index in [4.69, 9.17) is 0 Å². The number of carbonyl (C=O) groups is 2. The zero-order valence-corrected chi connectivity index (χ0v) is 16.8. The van der Waals surface area contributed by atoms with Crippen LogP contribution >= 0.6 is 0 Å². The van der Waals surface area contributed by atoms with Crippen molar-refractivity contribution in [2.75, 3.05) is 32.0 Å². The maximum Gasteiger partial charge on any atom is 0.226 e. The van der Waals surface area contributed by atoms with Gasteiger partial charge in [0.25, 0.3) is 0 Å². The van der Waals surface area contributed by atoms with E-state index in [9.17, 15) is 9.59 Å². The number of hydrogen-bond donors (Lipinski definition) is 2. The number of hydrogen-bond acceptors (Lipinski definition) is 3. The quantitative estimate of drug-likeness (QED) is 0.571. The molecule has 2 N–H and O–H groups in total. The molecular formula is C22H30N4O2. The summed E-state index contributed by atoms with van der Waals surface area (Å²) in [5.74, 6) is 0.595. The topological polar surface area (TPSA) is 66.4 Å². The number of aromatic nitrogens is 1. The summed E-state index contributed by atoms with van der Waals surface area (Å²) in [6, 6.07) is 4.95. The van der Waals surface area contributed by atoms with Crippen molar-refractivity contribution >= 4 is 28.9 Å². The Labute approximate surface area is 166 Å². The fourth-order valence-electron chi connectivity index (χ4n) is 4.31. The first-order valence-electron chi connectivity index (χ1n) is 10.4. The number of nitrogens with one attached hydrogen (secondary N) is 2. The third kappa shape index (κ3) is 3.92.